The molecule has 0 spiro atoms. The molecule has 0 radical (unpaired) electrons. The van der Waals surface area contributed by atoms with Crippen molar-refractivity contribution in [3.8, 4) is 18.1 Å². The molecular weight excluding hydrogens is 184 g/mol. The molecule has 0 saturated carbocycles. The van der Waals surface area contributed by atoms with Crippen LogP contribution in [0.1, 0.15) is 5.56 Å². The minimum Gasteiger partial charge on any atom is -0.480 e. The van der Waals surface area contributed by atoms with Gasteiger partial charge in [-0.1, -0.05) is 42.3 Å². The molecule has 1 heteroatoms. The number of ether oxygens (including phenoxy) is 1. The first-order chi connectivity index (χ1) is 7.33. The Morgan fingerprint density at radius 1 is 1.20 bits per heavy atom. The monoisotopic (exact) mass is 196 g/mol. The Hall–Kier alpha value is -1.94. The number of fused-ring (bicyclic) bond motifs is 1. The molecule has 0 saturated heterocycles. The van der Waals surface area contributed by atoms with Crippen molar-refractivity contribution in [2.75, 3.05) is 6.61 Å². The van der Waals surface area contributed by atoms with Crippen LogP contribution < -0.4 is 4.74 Å². The maximum Gasteiger partial charge on any atom is 0.148 e. The van der Waals surface area contributed by atoms with Gasteiger partial charge in [-0.3, -0.25) is 0 Å². The molecule has 0 heterocycles. The molecule has 2 aromatic carbocycles. The van der Waals surface area contributed by atoms with Gasteiger partial charge in [-0.15, -0.1) is 6.42 Å². The summed E-state index contributed by atoms with van der Waals surface area (Å²) in [7, 11) is 0. The lowest BCUT2D eigenvalue weighted by molar-refractivity contribution is 0.372. The molecule has 0 atom stereocenters. The Labute approximate surface area is 89.7 Å². The molecule has 0 aliphatic carbocycles. The smallest absolute Gasteiger partial charge is 0.148 e. The van der Waals surface area contributed by atoms with Crippen LogP contribution in [0.25, 0.3) is 10.8 Å². The first-order valence-corrected chi connectivity index (χ1v) is 4.87. The molecule has 2 aromatic rings. The summed E-state index contributed by atoms with van der Waals surface area (Å²) in [6, 6.07) is 12.3. The van der Waals surface area contributed by atoms with Gasteiger partial charge in [0.05, 0.1) is 0 Å². The molecule has 0 amide bonds. The maximum atomic E-state index is 5.56. The molecule has 0 bridgehead atoms. The lowest BCUT2D eigenvalue weighted by atomic mass is 10.1. The van der Waals surface area contributed by atoms with Crippen LogP contribution in [0.5, 0.6) is 5.75 Å². The van der Waals surface area contributed by atoms with E-state index >= 15 is 0 Å². The summed E-state index contributed by atoms with van der Waals surface area (Å²) in [5.74, 6) is 3.38. The van der Waals surface area contributed by atoms with Crippen LogP contribution in [-0.4, -0.2) is 6.61 Å². The van der Waals surface area contributed by atoms with E-state index in [1.54, 1.807) is 0 Å². The van der Waals surface area contributed by atoms with Crippen molar-refractivity contribution >= 4 is 10.8 Å². The highest BCUT2D eigenvalue weighted by Crippen LogP contribution is 2.29. The normalized spacial score (nSPS) is 9.87. The van der Waals surface area contributed by atoms with Crippen molar-refractivity contribution in [1.82, 2.24) is 0 Å². The van der Waals surface area contributed by atoms with E-state index in [4.69, 9.17) is 11.2 Å². The van der Waals surface area contributed by atoms with Crippen LogP contribution in [0.2, 0.25) is 0 Å². The third-order valence-electron chi connectivity index (χ3n) is 2.38. The lowest BCUT2D eigenvalue weighted by Crippen LogP contribution is -1.96. The molecule has 0 fully saturated rings. The summed E-state index contributed by atoms with van der Waals surface area (Å²) in [6.07, 6.45) is 5.20. The first kappa shape index (κ1) is 9.61. The van der Waals surface area contributed by atoms with Gasteiger partial charge in [0.1, 0.15) is 12.4 Å². The molecule has 1 nitrogen and oxygen atoms in total. The Morgan fingerprint density at radius 2 is 2.00 bits per heavy atom. The number of benzene rings is 2. The third-order valence-corrected chi connectivity index (χ3v) is 2.38. The third kappa shape index (κ3) is 1.80. The summed E-state index contributed by atoms with van der Waals surface area (Å²) in [5, 5.41) is 2.29. The van der Waals surface area contributed by atoms with Gasteiger partial charge in [0.2, 0.25) is 0 Å². The quantitative estimate of drug-likeness (QED) is 0.670. The maximum absolute atomic E-state index is 5.56. The van der Waals surface area contributed by atoms with Crippen molar-refractivity contribution in [3.05, 3.63) is 42.0 Å². The lowest BCUT2D eigenvalue weighted by Gasteiger charge is -2.09. The standard InChI is InChI=1S/C14H12O/c1-3-10-15-14-11(2)8-9-12-6-4-5-7-13(12)14/h1,4-9H,10H2,2H3. The van der Waals surface area contributed by atoms with E-state index in [1.807, 2.05) is 31.2 Å². The fourth-order valence-electron chi connectivity index (χ4n) is 1.66. The van der Waals surface area contributed by atoms with Gasteiger partial charge in [-0.05, 0) is 17.9 Å². The number of aryl methyl sites for hydroxylation is 1. The van der Waals surface area contributed by atoms with E-state index < -0.39 is 0 Å². The zero-order valence-electron chi connectivity index (χ0n) is 8.66. The van der Waals surface area contributed by atoms with Crippen LogP contribution in [0, 0.1) is 19.3 Å². The topological polar surface area (TPSA) is 9.23 Å². The predicted molar refractivity (Wildman–Crippen MR) is 63.0 cm³/mol. The Kier molecular flexibility index (Phi) is 2.60. The van der Waals surface area contributed by atoms with Crippen molar-refractivity contribution in [2.45, 2.75) is 6.92 Å². The molecule has 74 valence electrons. The van der Waals surface area contributed by atoms with E-state index in [2.05, 4.69) is 18.1 Å². The van der Waals surface area contributed by atoms with Crippen LogP contribution in [-0.2, 0) is 0 Å². The van der Waals surface area contributed by atoms with E-state index in [0.29, 0.717) is 6.61 Å². The minimum atomic E-state index is 0.314. The second kappa shape index (κ2) is 4.06. The summed E-state index contributed by atoms with van der Waals surface area (Å²) in [5.41, 5.74) is 1.11. The number of hydrogen-bond donors (Lipinski definition) is 0. The van der Waals surface area contributed by atoms with Gasteiger partial charge < -0.3 is 4.74 Å². The Morgan fingerprint density at radius 3 is 2.80 bits per heavy atom. The van der Waals surface area contributed by atoms with E-state index in [-0.39, 0.29) is 0 Å². The average Bonchev–Trinajstić information content (AvgIpc) is 2.28. The number of rotatable bonds is 2. The van der Waals surface area contributed by atoms with Crippen molar-refractivity contribution in [3.63, 3.8) is 0 Å². The second-order valence-corrected chi connectivity index (χ2v) is 3.43. The van der Waals surface area contributed by atoms with Gasteiger partial charge >= 0.3 is 0 Å². The van der Waals surface area contributed by atoms with Crippen LogP contribution in [0.15, 0.2) is 36.4 Å². The van der Waals surface area contributed by atoms with Crippen molar-refractivity contribution < 1.29 is 4.74 Å². The van der Waals surface area contributed by atoms with E-state index in [0.717, 1.165) is 16.7 Å². The molecule has 0 unspecified atom stereocenters. The number of terminal acetylenes is 1. The van der Waals surface area contributed by atoms with Gasteiger partial charge in [-0.2, -0.15) is 0 Å². The zero-order valence-corrected chi connectivity index (χ0v) is 8.66. The largest absolute Gasteiger partial charge is 0.480 e. The summed E-state index contributed by atoms with van der Waals surface area (Å²) in [6.45, 7) is 2.34. The van der Waals surface area contributed by atoms with Gasteiger partial charge in [0, 0.05) is 5.39 Å². The van der Waals surface area contributed by atoms with Crippen molar-refractivity contribution in [1.29, 1.82) is 0 Å². The van der Waals surface area contributed by atoms with E-state index in [1.165, 1.54) is 5.39 Å². The Balaban J connectivity index is 2.59. The van der Waals surface area contributed by atoms with Crippen molar-refractivity contribution in [2.24, 2.45) is 0 Å². The molecule has 0 aliphatic rings. The average molecular weight is 196 g/mol. The highest BCUT2D eigenvalue weighted by molar-refractivity contribution is 5.89. The van der Waals surface area contributed by atoms with Crippen LogP contribution >= 0.6 is 0 Å². The molecule has 2 rings (SSSR count). The molecule has 0 N–H and O–H groups in total. The van der Waals surface area contributed by atoms with E-state index in [9.17, 15) is 0 Å². The second-order valence-electron chi connectivity index (χ2n) is 3.43. The van der Waals surface area contributed by atoms with Crippen LogP contribution in [0.4, 0.5) is 0 Å². The summed E-state index contributed by atoms with van der Waals surface area (Å²) >= 11 is 0. The highest BCUT2D eigenvalue weighted by atomic mass is 16.5. The molecule has 15 heavy (non-hydrogen) atoms. The molecular formula is C14H12O. The summed E-state index contributed by atoms with van der Waals surface area (Å²) in [4.78, 5) is 0. The SMILES string of the molecule is C#CCOc1c(C)ccc2ccccc12. The van der Waals surface area contributed by atoms with Gasteiger partial charge in [0.25, 0.3) is 0 Å². The van der Waals surface area contributed by atoms with Crippen LogP contribution in [0.3, 0.4) is 0 Å². The molecule has 0 aromatic heterocycles. The molecule has 0 aliphatic heterocycles. The summed E-state index contributed by atoms with van der Waals surface area (Å²) < 4.78 is 5.56. The van der Waals surface area contributed by atoms with Gasteiger partial charge in [0.15, 0.2) is 0 Å². The fourth-order valence-corrected chi connectivity index (χ4v) is 1.66. The number of hydrogen-bond acceptors (Lipinski definition) is 1. The first-order valence-electron chi connectivity index (χ1n) is 4.87. The van der Waals surface area contributed by atoms with Gasteiger partial charge in [-0.25, -0.2) is 0 Å². The fraction of sp³-hybridized carbons (Fsp3) is 0.143. The predicted octanol–water partition coefficient (Wildman–Crippen LogP) is 3.16. The highest BCUT2D eigenvalue weighted by Gasteiger charge is 2.04. The zero-order chi connectivity index (χ0) is 10.7. The minimum absolute atomic E-state index is 0.314. The Bertz CT molecular complexity index is 520.